The molecule has 0 aliphatic heterocycles. The molecule has 3 aromatic rings. The summed E-state index contributed by atoms with van der Waals surface area (Å²) in [4.78, 5) is 21.4. The van der Waals surface area contributed by atoms with E-state index in [1.807, 2.05) is 30.3 Å². The van der Waals surface area contributed by atoms with Gasteiger partial charge in [0.2, 0.25) is 0 Å². The number of fused-ring (bicyclic) bond motifs is 1. The van der Waals surface area contributed by atoms with E-state index in [1.54, 1.807) is 18.6 Å². The number of aliphatic hydroxyl groups excluding tert-OH is 1. The second-order valence-electron chi connectivity index (χ2n) is 6.40. The van der Waals surface area contributed by atoms with Crippen LogP contribution in [0.5, 0.6) is 0 Å². The highest BCUT2D eigenvalue weighted by Gasteiger charge is 2.26. The number of aromatic nitrogens is 3. The summed E-state index contributed by atoms with van der Waals surface area (Å²) < 4.78 is 2.08. The van der Waals surface area contributed by atoms with Crippen LogP contribution in [0.4, 0.5) is 0 Å². The Bertz CT molecular complexity index is 887. The number of hydrogen-bond donors (Lipinski definition) is 2. The molecule has 6 heteroatoms. The van der Waals surface area contributed by atoms with Crippen molar-refractivity contribution >= 4 is 17.1 Å². The van der Waals surface area contributed by atoms with Gasteiger partial charge in [0.05, 0.1) is 17.9 Å². The van der Waals surface area contributed by atoms with Gasteiger partial charge in [0.15, 0.2) is 5.65 Å². The third-order valence-corrected chi connectivity index (χ3v) is 4.54. The summed E-state index contributed by atoms with van der Waals surface area (Å²) in [5.74, 6) is -0.210. The number of benzene rings is 1. The van der Waals surface area contributed by atoms with Gasteiger partial charge in [0, 0.05) is 18.8 Å². The van der Waals surface area contributed by atoms with Gasteiger partial charge in [-0.15, -0.1) is 0 Å². The van der Waals surface area contributed by atoms with Crippen LogP contribution in [0.2, 0.25) is 0 Å². The Morgan fingerprint density at radius 3 is 2.80 bits per heavy atom. The van der Waals surface area contributed by atoms with Crippen molar-refractivity contribution in [3.8, 4) is 0 Å². The number of nitrogens with zero attached hydrogens (tertiary/aromatic N) is 3. The maximum absolute atomic E-state index is 12.6. The van der Waals surface area contributed by atoms with E-state index in [9.17, 15) is 9.90 Å². The van der Waals surface area contributed by atoms with E-state index >= 15 is 0 Å². The minimum atomic E-state index is -0.238. The molecule has 0 saturated heterocycles. The van der Waals surface area contributed by atoms with E-state index in [0.29, 0.717) is 18.0 Å². The first-order valence-corrected chi connectivity index (χ1v) is 8.55. The molecule has 0 bridgehead atoms. The van der Waals surface area contributed by atoms with Crippen LogP contribution in [0.3, 0.4) is 0 Å². The number of amides is 1. The van der Waals surface area contributed by atoms with E-state index in [1.165, 1.54) is 0 Å². The number of carbonyl (C=O) groups excluding carboxylic acids is 1. The molecule has 2 N–H and O–H groups in total. The highest BCUT2D eigenvalue weighted by molar-refractivity contribution is 5.96. The molecule has 4 rings (SSSR count). The lowest BCUT2D eigenvalue weighted by atomic mass is 10.0. The number of aliphatic hydroxyl groups is 1. The molecule has 6 nitrogen and oxygen atoms in total. The van der Waals surface area contributed by atoms with Crippen molar-refractivity contribution in [2.24, 2.45) is 0 Å². The fourth-order valence-electron chi connectivity index (χ4n) is 3.04. The molecule has 0 spiro atoms. The highest BCUT2D eigenvalue weighted by Crippen LogP contribution is 2.36. The zero-order valence-electron chi connectivity index (χ0n) is 13.8. The van der Waals surface area contributed by atoms with E-state index < -0.39 is 0 Å². The van der Waals surface area contributed by atoms with Crippen molar-refractivity contribution in [3.63, 3.8) is 0 Å². The third kappa shape index (κ3) is 3.25. The molecule has 1 aliphatic carbocycles. The lowest BCUT2D eigenvalue weighted by Crippen LogP contribution is -2.29. The Balaban J connectivity index is 1.56. The molecule has 1 amide bonds. The number of pyridine rings is 1. The van der Waals surface area contributed by atoms with Crippen LogP contribution < -0.4 is 5.32 Å². The van der Waals surface area contributed by atoms with Gasteiger partial charge in [-0.2, -0.15) is 0 Å². The van der Waals surface area contributed by atoms with Crippen molar-refractivity contribution < 1.29 is 9.90 Å². The van der Waals surface area contributed by atoms with Crippen molar-refractivity contribution in [3.05, 3.63) is 60.0 Å². The SMILES string of the molecule is O=C(NC(CCO)c1ccccc1)c1cnc2c(c1)ncn2C1CC1. The fraction of sp³-hybridized carbons (Fsp3) is 0.316. The maximum Gasteiger partial charge on any atom is 0.253 e. The number of hydrogen-bond acceptors (Lipinski definition) is 4. The second kappa shape index (κ2) is 6.64. The van der Waals surface area contributed by atoms with Crippen LogP contribution in [0.25, 0.3) is 11.2 Å². The molecular formula is C19H20N4O2. The Morgan fingerprint density at radius 1 is 1.28 bits per heavy atom. The zero-order valence-corrected chi connectivity index (χ0v) is 13.8. The first-order chi connectivity index (χ1) is 12.3. The first kappa shape index (κ1) is 15.8. The number of nitrogens with one attached hydrogen (secondary N) is 1. The Kier molecular flexibility index (Phi) is 4.19. The molecule has 1 unspecified atom stereocenters. The first-order valence-electron chi connectivity index (χ1n) is 8.55. The molecule has 1 saturated carbocycles. The summed E-state index contributed by atoms with van der Waals surface area (Å²) in [6.07, 6.45) is 6.18. The average Bonchev–Trinajstić information content (AvgIpc) is 3.40. The lowest BCUT2D eigenvalue weighted by molar-refractivity contribution is 0.0929. The van der Waals surface area contributed by atoms with E-state index in [2.05, 4.69) is 19.9 Å². The Morgan fingerprint density at radius 2 is 2.08 bits per heavy atom. The molecule has 25 heavy (non-hydrogen) atoms. The van der Waals surface area contributed by atoms with Crippen molar-refractivity contribution in [1.82, 2.24) is 19.9 Å². The predicted molar refractivity (Wildman–Crippen MR) is 94.2 cm³/mol. The number of rotatable bonds is 6. The van der Waals surface area contributed by atoms with Crippen LogP contribution in [-0.4, -0.2) is 32.2 Å². The molecule has 2 aromatic heterocycles. The van der Waals surface area contributed by atoms with Gasteiger partial charge in [-0.3, -0.25) is 4.79 Å². The normalized spacial score (nSPS) is 15.2. The fourth-order valence-corrected chi connectivity index (χ4v) is 3.04. The summed E-state index contributed by atoms with van der Waals surface area (Å²) in [6.45, 7) is 0.00290. The van der Waals surface area contributed by atoms with Crippen LogP contribution >= 0.6 is 0 Å². The largest absolute Gasteiger partial charge is 0.396 e. The standard InChI is InChI=1S/C19H20N4O2/c24-9-8-16(13-4-2-1-3-5-13)22-19(25)14-10-17-18(20-11-14)23(12-21-17)15-6-7-15/h1-5,10-12,15-16,24H,6-9H2,(H,22,25). The zero-order chi connectivity index (χ0) is 17.2. The van der Waals surface area contributed by atoms with Gasteiger partial charge in [0.1, 0.15) is 5.52 Å². The summed E-state index contributed by atoms with van der Waals surface area (Å²) >= 11 is 0. The van der Waals surface area contributed by atoms with E-state index in [4.69, 9.17) is 0 Å². The van der Waals surface area contributed by atoms with E-state index in [-0.39, 0.29) is 18.6 Å². The average molecular weight is 336 g/mol. The molecule has 128 valence electrons. The lowest BCUT2D eigenvalue weighted by Gasteiger charge is -2.18. The van der Waals surface area contributed by atoms with E-state index in [0.717, 1.165) is 29.6 Å². The molecule has 0 radical (unpaired) electrons. The minimum absolute atomic E-state index is 0.00290. The van der Waals surface area contributed by atoms with Gasteiger partial charge in [-0.1, -0.05) is 30.3 Å². The highest BCUT2D eigenvalue weighted by atomic mass is 16.3. The van der Waals surface area contributed by atoms with Crippen LogP contribution in [0.1, 0.15) is 47.3 Å². The molecule has 2 heterocycles. The number of imidazole rings is 1. The van der Waals surface area contributed by atoms with Crippen LogP contribution in [-0.2, 0) is 0 Å². The van der Waals surface area contributed by atoms with Crippen molar-refractivity contribution in [2.75, 3.05) is 6.61 Å². The maximum atomic E-state index is 12.6. The van der Waals surface area contributed by atoms with Crippen LogP contribution in [0.15, 0.2) is 48.9 Å². The summed E-state index contributed by atoms with van der Waals surface area (Å²) in [5.41, 5.74) is 3.01. The van der Waals surface area contributed by atoms with Gasteiger partial charge >= 0.3 is 0 Å². The molecule has 1 aliphatic rings. The number of carbonyl (C=O) groups is 1. The molecule has 1 fully saturated rings. The summed E-state index contributed by atoms with van der Waals surface area (Å²) in [7, 11) is 0. The van der Waals surface area contributed by atoms with Gasteiger partial charge < -0.3 is 15.0 Å². The third-order valence-electron chi connectivity index (χ3n) is 4.54. The smallest absolute Gasteiger partial charge is 0.253 e. The molecular weight excluding hydrogens is 316 g/mol. The van der Waals surface area contributed by atoms with Gasteiger partial charge in [-0.05, 0) is 30.9 Å². The topological polar surface area (TPSA) is 80.0 Å². The molecule has 1 atom stereocenters. The van der Waals surface area contributed by atoms with Crippen molar-refractivity contribution in [2.45, 2.75) is 31.3 Å². The van der Waals surface area contributed by atoms with Gasteiger partial charge in [0.25, 0.3) is 5.91 Å². The summed E-state index contributed by atoms with van der Waals surface area (Å²) in [5, 5.41) is 12.3. The summed E-state index contributed by atoms with van der Waals surface area (Å²) in [6, 6.07) is 11.7. The Labute approximate surface area is 145 Å². The van der Waals surface area contributed by atoms with Crippen LogP contribution in [0, 0.1) is 0 Å². The Hall–Kier alpha value is -2.73. The monoisotopic (exact) mass is 336 g/mol. The molecule has 1 aromatic carbocycles. The minimum Gasteiger partial charge on any atom is -0.396 e. The van der Waals surface area contributed by atoms with Gasteiger partial charge in [-0.25, -0.2) is 9.97 Å². The second-order valence-corrected chi connectivity index (χ2v) is 6.40. The quantitative estimate of drug-likeness (QED) is 0.725. The predicted octanol–water partition coefficient (Wildman–Crippen LogP) is 2.62. The van der Waals surface area contributed by atoms with Crippen molar-refractivity contribution in [1.29, 1.82) is 0 Å².